The molecule has 2 aliphatic rings. The number of methoxy groups -OCH3 is 1. The Hall–Kier alpha value is -3.50. The van der Waals surface area contributed by atoms with E-state index in [1.54, 1.807) is 18.3 Å². The van der Waals surface area contributed by atoms with E-state index < -0.39 is 23.7 Å². The van der Waals surface area contributed by atoms with E-state index in [-0.39, 0.29) is 36.1 Å². The zero-order valence-electron chi connectivity index (χ0n) is 19.6. The van der Waals surface area contributed by atoms with Crippen molar-refractivity contribution in [2.75, 3.05) is 26.9 Å². The minimum Gasteiger partial charge on any atom is -0.494 e. The molecular weight excluding hydrogens is 472 g/mol. The lowest BCUT2D eigenvalue weighted by atomic mass is 9.86. The van der Waals surface area contributed by atoms with Crippen LogP contribution in [-0.4, -0.2) is 58.9 Å². The average molecular weight is 497 g/mol. The lowest BCUT2D eigenvalue weighted by Crippen LogP contribution is -2.20. The van der Waals surface area contributed by atoms with Crippen LogP contribution in [0.1, 0.15) is 42.4 Å². The first kappa shape index (κ1) is 22.9. The first-order chi connectivity index (χ1) is 17.5. The number of aromatic amines is 1. The van der Waals surface area contributed by atoms with Crippen LogP contribution in [0.5, 0.6) is 5.75 Å². The quantitative estimate of drug-likeness (QED) is 0.417. The van der Waals surface area contributed by atoms with E-state index in [2.05, 4.69) is 10.2 Å². The first-order valence-electron chi connectivity index (χ1n) is 11.9. The van der Waals surface area contributed by atoms with Crippen molar-refractivity contribution in [2.24, 2.45) is 0 Å². The number of nitrogens with one attached hydrogen (secondary N) is 1. The minimum absolute atomic E-state index is 0.0249. The molecule has 10 heteroatoms. The van der Waals surface area contributed by atoms with Gasteiger partial charge in [-0.05, 0) is 43.0 Å². The lowest BCUT2D eigenvalue weighted by Gasteiger charge is -2.27. The molecule has 0 spiro atoms. The lowest BCUT2D eigenvalue weighted by molar-refractivity contribution is -0.147. The molecule has 0 amide bonds. The van der Waals surface area contributed by atoms with Crippen LogP contribution in [0.15, 0.2) is 30.5 Å². The second-order valence-corrected chi connectivity index (χ2v) is 9.35. The van der Waals surface area contributed by atoms with Crippen molar-refractivity contribution >= 4 is 27.8 Å². The van der Waals surface area contributed by atoms with Gasteiger partial charge in [-0.2, -0.15) is 5.10 Å². The number of carboxylic acids is 1. The summed E-state index contributed by atoms with van der Waals surface area (Å²) in [5.74, 6) is -2.21. The van der Waals surface area contributed by atoms with Crippen molar-refractivity contribution in [1.82, 2.24) is 14.8 Å². The van der Waals surface area contributed by atoms with Crippen LogP contribution < -0.4 is 4.74 Å². The number of ether oxygens (including phenoxy) is 3. The standard InChI is InChI=1S/C26H25F2N3O5/c1-34-19-10-16(2-3-17(19)27)31-18-8-14-11-29-30-24(14)23(28)22(18)21(15-9-20(26(32)33)36-12-15)25(31)13-4-6-35-7-5-13/h2-3,8,10-11,13,15,20H,4-7,9,12H2,1H3,(H,29,30)(H,32,33)/t15-,20+/m0/s1. The number of hydrogen-bond acceptors (Lipinski definition) is 5. The molecule has 6 rings (SSSR count). The summed E-state index contributed by atoms with van der Waals surface area (Å²) in [6.45, 7) is 1.29. The van der Waals surface area contributed by atoms with Gasteiger partial charge in [0.25, 0.3) is 0 Å². The summed E-state index contributed by atoms with van der Waals surface area (Å²) in [5, 5.41) is 17.3. The zero-order valence-corrected chi connectivity index (χ0v) is 19.6. The third-order valence-electron chi connectivity index (χ3n) is 7.36. The Kier molecular flexibility index (Phi) is 5.65. The molecule has 0 unspecified atom stereocenters. The Morgan fingerprint density at radius 3 is 2.75 bits per heavy atom. The van der Waals surface area contributed by atoms with Crippen LogP contribution in [-0.2, 0) is 14.3 Å². The fraction of sp³-hybridized carbons (Fsp3) is 0.385. The molecule has 4 aromatic rings. The molecule has 2 aromatic heterocycles. The number of aromatic nitrogens is 3. The Morgan fingerprint density at radius 2 is 2.03 bits per heavy atom. The molecule has 8 nitrogen and oxygen atoms in total. The topological polar surface area (TPSA) is 98.6 Å². The minimum atomic E-state index is -1.03. The molecule has 2 N–H and O–H groups in total. The molecule has 2 aliphatic heterocycles. The van der Waals surface area contributed by atoms with Gasteiger partial charge in [0.1, 0.15) is 5.52 Å². The van der Waals surface area contributed by atoms with E-state index in [9.17, 15) is 14.3 Å². The van der Waals surface area contributed by atoms with E-state index >= 15 is 4.39 Å². The molecule has 4 heterocycles. The summed E-state index contributed by atoms with van der Waals surface area (Å²) >= 11 is 0. The maximum absolute atomic E-state index is 16.2. The van der Waals surface area contributed by atoms with E-state index in [0.29, 0.717) is 35.2 Å². The van der Waals surface area contributed by atoms with Gasteiger partial charge in [0.15, 0.2) is 23.5 Å². The molecule has 2 fully saturated rings. The number of carboxylic acid groups (broad SMARTS) is 1. The smallest absolute Gasteiger partial charge is 0.332 e. The van der Waals surface area contributed by atoms with Gasteiger partial charge < -0.3 is 23.9 Å². The molecular formula is C26H25F2N3O5. The Bertz CT molecular complexity index is 1470. The predicted molar refractivity (Wildman–Crippen MR) is 127 cm³/mol. The van der Waals surface area contributed by atoms with E-state index in [1.165, 1.54) is 13.2 Å². The highest BCUT2D eigenvalue weighted by Gasteiger charge is 2.38. The molecule has 0 radical (unpaired) electrons. The van der Waals surface area contributed by atoms with Gasteiger partial charge in [0.2, 0.25) is 0 Å². The molecule has 188 valence electrons. The first-order valence-corrected chi connectivity index (χ1v) is 11.9. The maximum Gasteiger partial charge on any atom is 0.332 e. The third kappa shape index (κ3) is 3.55. The zero-order chi connectivity index (χ0) is 25.0. The molecule has 2 aromatic carbocycles. The van der Waals surface area contributed by atoms with Crippen molar-refractivity contribution in [1.29, 1.82) is 0 Å². The second kappa shape index (κ2) is 8.86. The molecule has 2 saturated heterocycles. The van der Waals surface area contributed by atoms with Crippen LogP contribution in [0, 0.1) is 11.6 Å². The summed E-state index contributed by atoms with van der Waals surface area (Å²) in [6.07, 6.45) is 2.28. The van der Waals surface area contributed by atoms with Crippen molar-refractivity contribution in [2.45, 2.75) is 37.2 Å². The molecule has 0 saturated carbocycles. The summed E-state index contributed by atoms with van der Waals surface area (Å²) in [5.41, 5.74) is 3.12. The van der Waals surface area contributed by atoms with Gasteiger partial charge in [-0.3, -0.25) is 5.10 Å². The Morgan fingerprint density at radius 1 is 1.22 bits per heavy atom. The monoisotopic (exact) mass is 497 g/mol. The van der Waals surface area contributed by atoms with E-state index in [4.69, 9.17) is 14.2 Å². The van der Waals surface area contributed by atoms with E-state index in [1.807, 2.05) is 10.6 Å². The number of H-pyrrole nitrogens is 1. The third-order valence-corrected chi connectivity index (χ3v) is 7.36. The fourth-order valence-corrected chi connectivity index (χ4v) is 5.70. The highest BCUT2D eigenvalue weighted by molar-refractivity contribution is 6.00. The Labute approximate surface area is 204 Å². The SMILES string of the molecule is COc1cc(-n2c(C3CCOCC3)c([C@@H]3CO[C@@H](C(=O)O)C3)c3c(F)c4[nH]ncc4cc32)ccc1F. The van der Waals surface area contributed by atoms with Gasteiger partial charge in [-0.15, -0.1) is 0 Å². The van der Waals surface area contributed by atoms with Crippen molar-refractivity contribution in [3.8, 4) is 11.4 Å². The predicted octanol–water partition coefficient (Wildman–Crippen LogP) is 4.64. The van der Waals surface area contributed by atoms with Gasteiger partial charge in [-0.25, -0.2) is 13.6 Å². The van der Waals surface area contributed by atoms with Crippen LogP contribution in [0.25, 0.3) is 27.5 Å². The largest absolute Gasteiger partial charge is 0.494 e. The molecule has 0 aliphatic carbocycles. The number of nitrogens with zero attached hydrogens (tertiary/aromatic N) is 2. The number of halogens is 2. The molecule has 0 bridgehead atoms. The molecule has 36 heavy (non-hydrogen) atoms. The van der Waals surface area contributed by atoms with Gasteiger partial charge in [0, 0.05) is 53.3 Å². The van der Waals surface area contributed by atoms with Crippen LogP contribution >= 0.6 is 0 Å². The van der Waals surface area contributed by atoms with Crippen molar-refractivity contribution in [3.05, 3.63) is 53.4 Å². The highest BCUT2D eigenvalue weighted by atomic mass is 19.1. The number of benzene rings is 2. The number of hydrogen-bond donors (Lipinski definition) is 2. The summed E-state index contributed by atoms with van der Waals surface area (Å²) < 4.78 is 49.0. The summed E-state index contributed by atoms with van der Waals surface area (Å²) in [4.78, 5) is 11.7. The normalized spacial score (nSPS) is 21.0. The van der Waals surface area contributed by atoms with Crippen molar-refractivity contribution in [3.63, 3.8) is 0 Å². The fourth-order valence-electron chi connectivity index (χ4n) is 5.70. The van der Waals surface area contributed by atoms with Gasteiger partial charge in [-0.1, -0.05) is 0 Å². The van der Waals surface area contributed by atoms with Gasteiger partial charge in [0.05, 0.1) is 25.4 Å². The maximum atomic E-state index is 16.2. The van der Waals surface area contributed by atoms with E-state index in [0.717, 1.165) is 24.1 Å². The number of aliphatic carboxylic acids is 1. The molecule has 2 atom stereocenters. The average Bonchev–Trinajstić information content (AvgIpc) is 3.62. The second-order valence-electron chi connectivity index (χ2n) is 9.35. The number of carbonyl (C=O) groups is 1. The van der Waals surface area contributed by atoms with Gasteiger partial charge >= 0.3 is 5.97 Å². The number of fused-ring (bicyclic) bond motifs is 2. The Balaban J connectivity index is 1.70. The number of rotatable bonds is 5. The van der Waals surface area contributed by atoms with Crippen molar-refractivity contribution < 1.29 is 32.9 Å². The van der Waals surface area contributed by atoms with Crippen LogP contribution in [0.3, 0.4) is 0 Å². The van der Waals surface area contributed by atoms with Crippen LogP contribution in [0.2, 0.25) is 0 Å². The summed E-state index contributed by atoms with van der Waals surface area (Å²) in [7, 11) is 1.40. The van der Waals surface area contributed by atoms with Crippen LogP contribution in [0.4, 0.5) is 8.78 Å². The highest BCUT2D eigenvalue weighted by Crippen LogP contribution is 2.46. The summed E-state index contributed by atoms with van der Waals surface area (Å²) in [6, 6.07) is 6.44.